The van der Waals surface area contributed by atoms with E-state index in [9.17, 15) is 9.59 Å². The van der Waals surface area contributed by atoms with Crippen LogP contribution < -0.4 is 5.32 Å². The first-order valence-corrected chi connectivity index (χ1v) is 11.3. The topological polar surface area (TPSA) is 67.2 Å². The lowest BCUT2D eigenvalue weighted by Crippen LogP contribution is -2.39. The molecule has 156 valence electrons. The van der Waals surface area contributed by atoms with E-state index in [1.807, 2.05) is 53.4 Å². The average Bonchev–Trinajstić information content (AvgIpc) is 3.34. The number of carbonyl (C=O) groups excluding carboxylic acids is 2. The van der Waals surface area contributed by atoms with Crippen LogP contribution in [-0.4, -0.2) is 45.1 Å². The van der Waals surface area contributed by atoms with Gasteiger partial charge in [-0.1, -0.05) is 54.2 Å². The van der Waals surface area contributed by atoms with Crippen molar-refractivity contribution in [2.75, 3.05) is 18.8 Å². The number of aromatic nitrogens is 2. The van der Waals surface area contributed by atoms with Crippen molar-refractivity contribution in [3.8, 4) is 0 Å². The van der Waals surface area contributed by atoms with Crippen molar-refractivity contribution >= 4 is 34.6 Å². The highest BCUT2D eigenvalue weighted by atomic mass is 32.2. The lowest BCUT2D eigenvalue weighted by molar-refractivity contribution is -0.128. The third-order valence-corrected chi connectivity index (χ3v) is 6.36. The summed E-state index contributed by atoms with van der Waals surface area (Å²) in [6.45, 7) is 4.14. The van der Waals surface area contributed by atoms with Crippen molar-refractivity contribution in [2.24, 2.45) is 0 Å². The van der Waals surface area contributed by atoms with Crippen molar-refractivity contribution < 1.29 is 9.59 Å². The number of hydrogen-bond acceptors (Lipinski definition) is 4. The number of aryl methyl sites for hydroxylation is 1. The molecule has 0 spiro atoms. The molecule has 1 unspecified atom stereocenters. The Morgan fingerprint density at radius 2 is 1.93 bits per heavy atom. The molecule has 3 aromatic rings. The number of amides is 2. The van der Waals surface area contributed by atoms with Gasteiger partial charge in [-0.15, -0.1) is 0 Å². The number of likely N-dealkylation sites (tertiary alicyclic amines) is 1. The zero-order valence-electron chi connectivity index (χ0n) is 17.1. The molecule has 1 N–H and O–H groups in total. The van der Waals surface area contributed by atoms with E-state index in [0.29, 0.717) is 13.0 Å². The summed E-state index contributed by atoms with van der Waals surface area (Å²) in [7, 11) is 0. The van der Waals surface area contributed by atoms with Crippen LogP contribution in [0.5, 0.6) is 0 Å². The van der Waals surface area contributed by atoms with Gasteiger partial charge in [-0.25, -0.2) is 4.98 Å². The van der Waals surface area contributed by atoms with E-state index < -0.39 is 0 Å². The van der Waals surface area contributed by atoms with Gasteiger partial charge in [-0.2, -0.15) is 0 Å². The van der Waals surface area contributed by atoms with Crippen LogP contribution in [0, 0.1) is 0 Å². The smallest absolute Gasteiger partial charge is 0.231 e. The maximum Gasteiger partial charge on any atom is 0.231 e. The van der Waals surface area contributed by atoms with Gasteiger partial charge in [0.25, 0.3) is 0 Å². The normalized spacial score (nSPS) is 15.0. The van der Waals surface area contributed by atoms with Gasteiger partial charge in [0.15, 0.2) is 5.16 Å². The van der Waals surface area contributed by atoms with E-state index in [2.05, 4.69) is 27.9 Å². The highest BCUT2D eigenvalue weighted by Crippen LogP contribution is 2.24. The fourth-order valence-electron chi connectivity index (χ4n) is 3.87. The van der Waals surface area contributed by atoms with Gasteiger partial charge in [0.05, 0.1) is 22.8 Å². The number of para-hydroxylation sites is 2. The Balaban J connectivity index is 1.44. The molecule has 7 heteroatoms. The summed E-state index contributed by atoms with van der Waals surface area (Å²) in [6.07, 6.45) is 1.48. The molecule has 30 heavy (non-hydrogen) atoms. The second kappa shape index (κ2) is 9.34. The largest absolute Gasteiger partial charge is 0.347 e. The number of nitrogens with one attached hydrogen (secondary N) is 1. The van der Waals surface area contributed by atoms with Crippen LogP contribution in [-0.2, 0) is 16.1 Å². The molecule has 6 nitrogen and oxygen atoms in total. The average molecular weight is 423 g/mol. The van der Waals surface area contributed by atoms with Crippen LogP contribution >= 0.6 is 11.8 Å². The summed E-state index contributed by atoms with van der Waals surface area (Å²) in [5.74, 6) is 0.382. The predicted molar refractivity (Wildman–Crippen MR) is 119 cm³/mol. The van der Waals surface area contributed by atoms with Crippen LogP contribution in [0.1, 0.15) is 31.4 Å². The summed E-state index contributed by atoms with van der Waals surface area (Å²) >= 11 is 1.45. The zero-order chi connectivity index (χ0) is 20.9. The highest BCUT2D eigenvalue weighted by Gasteiger charge is 2.25. The Bertz CT molecular complexity index is 1030. The Hall–Kier alpha value is -2.80. The lowest BCUT2D eigenvalue weighted by Gasteiger charge is -2.25. The minimum atomic E-state index is -0.216. The lowest BCUT2D eigenvalue weighted by atomic mass is 10.1. The summed E-state index contributed by atoms with van der Waals surface area (Å²) in [5.41, 5.74) is 3.03. The van der Waals surface area contributed by atoms with Crippen LogP contribution in [0.4, 0.5) is 0 Å². The Labute approximate surface area is 180 Å². The van der Waals surface area contributed by atoms with Crippen molar-refractivity contribution in [3.63, 3.8) is 0 Å². The van der Waals surface area contributed by atoms with Crippen molar-refractivity contribution in [2.45, 2.75) is 37.5 Å². The van der Waals surface area contributed by atoms with Crippen LogP contribution in [0.25, 0.3) is 11.0 Å². The molecule has 4 rings (SSSR count). The minimum Gasteiger partial charge on any atom is -0.347 e. The molecule has 2 aromatic carbocycles. The summed E-state index contributed by atoms with van der Waals surface area (Å²) in [4.78, 5) is 31.4. The van der Waals surface area contributed by atoms with Crippen LogP contribution in [0.2, 0.25) is 0 Å². The number of imidazole rings is 1. The molecule has 1 aliphatic rings. The number of nitrogens with zero attached hydrogens (tertiary/aromatic N) is 3. The first-order chi connectivity index (χ1) is 14.7. The summed E-state index contributed by atoms with van der Waals surface area (Å²) in [6, 6.07) is 17.7. The number of benzene rings is 2. The molecular weight excluding hydrogens is 396 g/mol. The third-order valence-electron chi connectivity index (χ3n) is 5.38. The highest BCUT2D eigenvalue weighted by molar-refractivity contribution is 7.99. The van der Waals surface area contributed by atoms with Crippen molar-refractivity contribution in [1.82, 2.24) is 19.8 Å². The molecule has 1 atom stereocenters. The number of rotatable bonds is 8. The van der Waals surface area contributed by atoms with Gasteiger partial charge in [0, 0.05) is 26.1 Å². The maximum atomic E-state index is 12.8. The fraction of sp³-hybridized carbons (Fsp3) is 0.348. The Morgan fingerprint density at radius 1 is 1.17 bits per heavy atom. The molecule has 1 saturated heterocycles. The molecule has 1 aromatic heterocycles. The molecule has 2 amide bonds. The Kier molecular flexibility index (Phi) is 6.38. The number of thioether (sulfide) groups is 1. The van der Waals surface area contributed by atoms with E-state index in [4.69, 9.17) is 0 Å². The van der Waals surface area contributed by atoms with E-state index in [1.165, 1.54) is 11.8 Å². The van der Waals surface area contributed by atoms with Gasteiger partial charge < -0.3 is 14.8 Å². The second-order valence-corrected chi connectivity index (χ2v) is 8.33. The standard InChI is InChI=1S/C23H26N4O2S/c1-2-27-20-12-7-6-11-18(20)25-23(27)30-16-21(28)24-19(17-9-4-3-5-10-17)15-26-14-8-13-22(26)29/h3-7,9-12,19H,2,8,13-16H2,1H3,(H,24,28). The molecule has 0 aliphatic carbocycles. The second-order valence-electron chi connectivity index (χ2n) is 7.39. The number of carbonyl (C=O) groups is 2. The monoisotopic (exact) mass is 422 g/mol. The van der Waals surface area contributed by atoms with Gasteiger partial charge in [-0.05, 0) is 31.0 Å². The van der Waals surface area contributed by atoms with Gasteiger partial charge in [-0.3, -0.25) is 9.59 Å². The van der Waals surface area contributed by atoms with Crippen molar-refractivity contribution in [1.29, 1.82) is 0 Å². The molecule has 1 fully saturated rings. The first kappa shape index (κ1) is 20.5. The van der Waals surface area contributed by atoms with Gasteiger partial charge in [0.2, 0.25) is 11.8 Å². The SMILES string of the molecule is CCn1c(SCC(=O)NC(CN2CCCC2=O)c2ccccc2)nc2ccccc21. The van der Waals surface area contributed by atoms with E-state index >= 15 is 0 Å². The molecule has 1 aliphatic heterocycles. The quantitative estimate of drug-likeness (QED) is 0.563. The molecular formula is C23H26N4O2S. The predicted octanol–water partition coefficient (Wildman–Crippen LogP) is 3.63. The summed E-state index contributed by atoms with van der Waals surface area (Å²) < 4.78 is 2.13. The van der Waals surface area contributed by atoms with Crippen molar-refractivity contribution in [3.05, 3.63) is 60.2 Å². The van der Waals surface area contributed by atoms with Crippen LogP contribution in [0.3, 0.4) is 0 Å². The van der Waals surface area contributed by atoms with E-state index in [1.54, 1.807) is 0 Å². The molecule has 0 saturated carbocycles. The van der Waals surface area contributed by atoms with E-state index in [0.717, 1.165) is 41.3 Å². The molecule has 2 heterocycles. The Morgan fingerprint density at radius 3 is 2.67 bits per heavy atom. The van der Waals surface area contributed by atoms with E-state index in [-0.39, 0.29) is 23.6 Å². The fourth-order valence-corrected chi connectivity index (χ4v) is 4.76. The molecule has 0 bridgehead atoms. The van der Waals surface area contributed by atoms with Gasteiger partial charge in [0.1, 0.15) is 0 Å². The third kappa shape index (κ3) is 4.51. The zero-order valence-corrected chi connectivity index (χ0v) is 17.9. The maximum absolute atomic E-state index is 12.8. The first-order valence-electron chi connectivity index (χ1n) is 10.4. The number of fused-ring (bicyclic) bond motifs is 1. The molecule has 0 radical (unpaired) electrons. The number of hydrogen-bond donors (Lipinski definition) is 1. The minimum absolute atomic E-state index is 0.0600. The van der Waals surface area contributed by atoms with Gasteiger partial charge >= 0.3 is 0 Å². The van der Waals surface area contributed by atoms with Crippen LogP contribution in [0.15, 0.2) is 59.8 Å². The summed E-state index contributed by atoms with van der Waals surface area (Å²) in [5, 5.41) is 3.98.